The van der Waals surface area contributed by atoms with Crippen LogP contribution < -0.4 is 5.32 Å². The third-order valence-electron chi connectivity index (χ3n) is 5.80. The molecular weight excluding hydrogens is 339 g/mol. The third kappa shape index (κ3) is 3.30. The Hall–Kier alpha value is -1.51. The molecule has 0 radical (unpaired) electrons. The van der Waals surface area contributed by atoms with Gasteiger partial charge in [0.15, 0.2) is 5.60 Å². The van der Waals surface area contributed by atoms with Crippen LogP contribution in [0.15, 0.2) is 0 Å². The lowest BCUT2D eigenvalue weighted by atomic mass is 9.90. The predicted octanol–water partition coefficient (Wildman–Crippen LogP) is 1.89. The monoisotopic (exact) mass is 363 g/mol. The maximum absolute atomic E-state index is 13.2. The minimum atomic E-state index is -4.45. The number of amides is 3. The lowest BCUT2D eigenvalue weighted by Gasteiger charge is -2.42. The highest BCUT2D eigenvalue weighted by molar-refractivity contribution is 5.82. The summed E-state index contributed by atoms with van der Waals surface area (Å²) in [6.07, 6.45) is -1.88. The summed E-state index contributed by atoms with van der Waals surface area (Å²) in [5, 5.41) is 2.86. The van der Waals surface area contributed by atoms with E-state index in [2.05, 4.69) is 5.32 Å². The van der Waals surface area contributed by atoms with E-state index in [0.717, 1.165) is 32.9 Å². The van der Waals surface area contributed by atoms with Gasteiger partial charge in [-0.3, -0.25) is 4.79 Å². The number of nitrogens with zero attached hydrogens (tertiary/aromatic N) is 2. The first-order valence-electron chi connectivity index (χ1n) is 8.74. The number of hydrogen-bond donors (Lipinski definition) is 1. The van der Waals surface area contributed by atoms with Gasteiger partial charge in [-0.15, -0.1) is 0 Å². The van der Waals surface area contributed by atoms with E-state index in [9.17, 15) is 22.8 Å². The second-order valence-electron chi connectivity index (χ2n) is 7.09. The van der Waals surface area contributed by atoms with Crippen molar-refractivity contribution in [1.82, 2.24) is 15.1 Å². The summed E-state index contributed by atoms with van der Waals surface area (Å²) in [6, 6.07) is -0.627. The molecule has 3 aliphatic heterocycles. The van der Waals surface area contributed by atoms with Gasteiger partial charge in [0.25, 0.3) is 0 Å². The number of ether oxygens (including phenoxy) is 1. The molecule has 0 spiro atoms. The Labute approximate surface area is 144 Å². The van der Waals surface area contributed by atoms with Crippen molar-refractivity contribution in [2.24, 2.45) is 0 Å². The number of hydrogen-bond acceptors (Lipinski definition) is 3. The fourth-order valence-corrected chi connectivity index (χ4v) is 4.20. The van der Waals surface area contributed by atoms with Crippen molar-refractivity contribution < 1.29 is 27.5 Å². The number of rotatable bonds is 2. The number of methoxy groups -OCH3 is 1. The number of fused-ring (bicyclic) bond motifs is 1. The highest BCUT2D eigenvalue weighted by atomic mass is 19.4. The molecule has 0 bridgehead atoms. The molecule has 0 aromatic rings. The van der Waals surface area contributed by atoms with Gasteiger partial charge in [0, 0.05) is 46.0 Å². The van der Waals surface area contributed by atoms with Crippen molar-refractivity contribution in [3.8, 4) is 0 Å². The van der Waals surface area contributed by atoms with Gasteiger partial charge in [-0.25, -0.2) is 4.79 Å². The van der Waals surface area contributed by atoms with Crippen molar-refractivity contribution in [1.29, 1.82) is 0 Å². The summed E-state index contributed by atoms with van der Waals surface area (Å²) in [7, 11) is 1.06. The van der Waals surface area contributed by atoms with Gasteiger partial charge in [-0.1, -0.05) is 0 Å². The standard InChI is InChI=1S/C16H24F3N3O3/c1-25-15(16(17,18)19)5-8-21(9-6-15)14(24)20-11-10-13(23)22-7-3-2-4-12(11)22/h11-12H,2-10H2,1H3,(H,20,24). The third-order valence-corrected chi connectivity index (χ3v) is 5.80. The number of carbonyl (C=O) groups excluding carboxylic acids is 2. The second-order valence-corrected chi connectivity index (χ2v) is 7.09. The second kappa shape index (κ2) is 6.66. The van der Waals surface area contributed by atoms with E-state index in [1.807, 2.05) is 4.90 Å². The molecule has 3 rings (SSSR count). The van der Waals surface area contributed by atoms with Crippen LogP contribution in [0.2, 0.25) is 0 Å². The van der Waals surface area contributed by atoms with Gasteiger partial charge in [-0.05, 0) is 19.3 Å². The van der Waals surface area contributed by atoms with Crippen LogP contribution in [0.4, 0.5) is 18.0 Å². The molecule has 3 amide bonds. The fourth-order valence-electron chi connectivity index (χ4n) is 4.20. The largest absolute Gasteiger partial charge is 0.417 e. The summed E-state index contributed by atoms with van der Waals surface area (Å²) < 4.78 is 44.3. The zero-order valence-electron chi connectivity index (χ0n) is 14.3. The molecule has 0 aromatic heterocycles. The van der Waals surface area contributed by atoms with E-state index in [1.165, 1.54) is 4.90 Å². The van der Waals surface area contributed by atoms with Crippen molar-refractivity contribution in [3.63, 3.8) is 0 Å². The van der Waals surface area contributed by atoms with Crippen molar-refractivity contribution in [3.05, 3.63) is 0 Å². The molecular formula is C16H24F3N3O3. The number of piperidine rings is 2. The smallest absolute Gasteiger partial charge is 0.369 e. The molecule has 3 aliphatic rings. The number of halogens is 3. The normalized spacial score (nSPS) is 29.5. The maximum Gasteiger partial charge on any atom is 0.417 e. The van der Waals surface area contributed by atoms with E-state index < -0.39 is 17.8 Å². The highest BCUT2D eigenvalue weighted by Gasteiger charge is 2.56. The van der Waals surface area contributed by atoms with Crippen LogP contribution in [-0.2, 0) is 9.53 Å². The van der Waals surface area contributed by atoms with E-state index >= 15 is 0 Å². The predicted molar refractivity (Wildman–Crippen MR) is 82.9 cm³/mol. The van der Waals surface area contributed by atoms with Crippen LogP contribution in [0.5, 0.6) is 0 Å². The minimum absolute atomic E-state index is 0.0169. The zero-order valence-corrected chi connectivity index (χ0v) is 14.3. The van der Waals surface area contributed by atoms with Gasteiger partial charge < -0.3 is 19.9 Å². The minimum Gasteiger partial charge on any atom is -0.369 e. The molecule has 3 heterocycles. The first-order valence-corrected chi connectivity index (χ1v) is 8.74. The van der Waals surface area contributed by atoms with Gasteiger partial charge >= 0.3 is 12.2 Å². The van der Waals surface area contributed by atoms with Crippen LogP contribution in [-0.4, -0.2) is 72.3 Å². The number of nitrogens with one attached hydrogen (secondary N) is 1. The van der Waals surface area contributed by atoms with Crippen LogP contribution in [0.3, 0.4) is 0 Å². The van der Waals surface area contributed by atoms with Crippen LogP contribution in [0.25, 0.3) is 0 Å². The Morgan fingerprint density at radius 2 is 1.92 bits per heavy atom. The summed E-state index contributed by atoms with van der Waals surface area (Å²) in [4.78, 5) is 27.7. The Balaban J connectivity index is 1.57. The quantitative estimate of drug-likeness (QED) is 0.815. The molecule has 142 valence electrons. The number of urea groups is 1. The fraction of sp³-hybridized carbons (Fsp3) is 0.875. The van der Waals surface area contributed by atoms with Crippen LogP contribution in [0.1, 0.15) is 38.5 Å². The Morgan fingerprint density at radius 3 is 2.52 bits per heavy atom. The van der Waals surface area contributed by atoms with Gasteiger partial charge in [0.05, 0.1) is 12.1 Å². The molecule has 2 atom stereocenters. The van der Waals surface area contributed by atoms with Gasteiger partial charge in [0.2, 0.25) is 5.91 Å². The van der Waals surface area contributed by atoms with Crippen LogP contribution in [0, 0.1) is 0 Å². The average Bonchev–Trinajstić information content (AvgIpc) is 2.90. The lowest BCUT2D eigenvalue weighted by Crippen LogP contribution is -2.58. The zero-order chi connectivity index (χ0) is 18.2. The summed E-state index contributed by atoms with van der Waals surface area (Å²) in [5.41, 5.74) is -2.17. The van der Waals surface area contributed by atoms with E-state index in [4.69, 9.17) is 4.74 Å². The molecule has 9 heteroatoms. The first kappa shape index (κ1) is 18.3. The molecule has 3 saturated heterocycles. The SMILES string of the molecule is COC1(C(F)(F)F)CCN(C(=O)NC2CC(=O)N3CCCCC23)CC1. The Morgan fingerprint density at radius 1 is 1.24 bits per heavy atom. The molecule has 3 fully saturated rings. The summed E-state index contributed by atoms with van der Waals surface area (Å²) in [5.74, 6) is 0.0455. The summed E-state index contributed by atoms with van der Waals surface area (Å²) in [6.45, 7) is 0.685. The highest BCUT2D eigenvalue weighted by Crippen LogP contribution is 2.41. The number of alkyl halides is 3. The van der Waals surface area contributed by atoms with Crippen molar-refractivity contribution >= 4 is 11.9 Å². The lowest BCUT2D eigenvalue weighted by molar-refractivity contribution is -0.281. The van der Waals surface area contributed by atoms with E-state index in [-0.39, 0.29) is 50.3 Å². The first-order chi connectivity index (χ1) is 11.8. The molecule has 0 saturated carbocycles. The Kier molecular flexibility index (Phi) is 4.87. The Bertz CT molecular complexity index is 532. The molecule has 25 heavy (non-hydrogen) atoms. The van der Waals surface area contributed by atoms with E-state index in [0.29, 0.717) is 0 Å². The summed E-state index contributed by atoms with van der Waals surface area (Å²) >= 11 is 0. The molecule has 0 aromatic carbocycles. The van der Waals surface area contributed by atoms with Crippen LogP contribution >= 0.6 is 0 Å². The topological polar surface area (TPSA) is 61.9 Å². The average molecular weight is 363 g/mol. The molecule has 1 N–H and O–H groups in total. The molecule has 0 aliphatic carbocycles. The van der Waals surface area contributed by atoms with Gasteiger partial charge in [0.1, 0.15) is 0 Å². The number of likely N-dealkylation sites (tertiary alicyclic amines) is 1. The molecule has 6 nitrogen and oxygen atoms in total. The van der Waals surface area contributed by atoms with Crippen molar-refractivity contribution in [2.75, 3.05) is 26.7 Å². The molecule has 2 unspecified atom stereocenters. The maximum atomic E-state index is 13.2. The van der Waals surface area contributed by atoms with Crippen molar-refractivity contribution in [2.45, 2.75) is 62.4 Å². The van der Waals surface area contributed by atoms with Gasteiger partial charge in [-0.2, -0.15) is 13.2 Å². The van der Waals surface area contributed by atoms with E-state index in [1.54, 1.807) is 0 Å². The number of carbonyl (C=O) groups is 2.